The molecule has 1 aromatic carbocycles. The first-order valence-electron chi connectivity index (χ1n) is 4.96. The normalized spacial score (nSPS) is 13.7. The molecule has 0 saturated carbocycles. The van der Waals surface area contributed by atoms with Gasteiger partial charge in [-0.25, -0.2) is 9.97 Å². The summed E-state index contributed by atoms with van der Waals surface area (Å²) < 4.78 is 11.7. The maximum Gasteiger partial charge on any atom is 0.116 e. The topological polar surface area (TPSA) is 67.6 Å². The van der Waals surface area contributed by atoms with Crippen LogP contribution in [0.15, 0.2) is 39.2 Å². The molecule has 0 aliphatic rings. The second-order valence-electron chi connectivity index (χ2n) is 3.38. The summed E-state index contributed by atoms with van der Waals surface area (Å²) in [5.74, 6) is 0. The molecule has 0 amide bonds. The highest BCUT2D eigenvalue weighted by Gasteiger charge is 2.01. The molecular weight excluding hydrogens is 316 g/mol. The van der Waals surface area contributed by atoms with Crippen LogP contribution in [0, 0.1) is 0 Å². The zero-order chi connectivity index (χ0) is 13.0. The summed E-state index contributed by atoms with van der Waals surface area (Å²) >= 11 is 3.40. The predicted octanol–water partition coefficient (Wildman–Crippen LogP) is 2.13. The molecule has 1 heterocycles. The number of benzene rings is 1. The van der Waals surface area contributed by atoms with E-state index < -0.39 is 10.8 Å². The molecule has 2 rings (SSSR count). The van der Waals surface area contributed by atoms with Gasteiger partial charge in [0.25, 0.3) is 0 Å². The zero-order valence-electron chi connectivity index (χ0n) is 9.45. The Labute approximate surface area is 115 Å². The van der Waals surface area contributed by atoms with Crippen molar-refractivity contribution >= 4 is 49.4 Å². The molecule has 0 aliphatic carbocycles. The van der Waals surface area contributed by atoms with Gasteiger partial charge in [-0.3, -0.25) is 4.21 Å². The fraction of sp³-hybridized carbons (Fsp3) is 0.0909. The van der Waals surface area contributed by atoms with Gasteiger partial charge in [0.1, 0.15) is 11.9 Å². The number of halogens is 1. The Hall–Kier alpha value is -1.47. The van der Waals surface area contributed by atoms with Gasteiger partial charge in [-0.1, -0.05) is 15.9 Å². The van der Waals surface area contributed by atoms with Crippen molar-refractivity contribution in [1.82, 2.24) is 9.97 Å². The van der Waals surface area contributed by atoms with E-state index in [9.17, 15) is 4.21 Å². The van der Waals surface area contributed by atoms with Crippen molar-refractivity contribution in [1.29, 1.82) is 0 Å². The molecule has 0 N–H and O–H groups in total. The van der Waals surface area contributed by atoms with Crippen molar-refractivity contribution in [3.8, 4) is 0 Å². The third-order valence-corrected chi connectivity index (χ3v) is 2.95. The summed E-state index contributed by atoms with van der Waals surface area (Å²) in [5.41, 5.74) is 2.76. The quantitative estimate of drug-likeness (QED) is 0.493. The summed E-state index contributed by atoms with van der Waals surface area (Å²) in [6.07, 6.45) is 4.51. The van der Waals surface area contributed by atoms with Crippen LogP contribution in [0.3, 0.4) is 0 Å². The number of aromatic nitrogens is 2. The van der Waals surface area contributed by atoms with E-state index in [1.165, 1.54) is 24.3 Å². The van der Waals surface area contributed by atoms with Crippen LogP contribution in [-0.2, 0) is 10.8 Å². The van der Waals surface area contributed by atoms with E-state index in [4.69, 9.17) is 0 Å². The van der Waals surface area contributed by atoms with E-state index in [2.05, 4.69) is 36.1 Å². The van der Waals surface area contributed by atoms with Gasteiger partial charge in [0.2, 0.25) is 0 Å². The van der Waals surface area contributed by atoms with E-state index in [0.717, 1.165) is 15.4 Å². The average Bonchev–Trinajstić information content (AvgIpc) is 2.34. The lowest BCUT2D eigenvalue weighted by Crippen LogP contribution is -1.92. The van der Waals surface area contributed by atoms with Crippen molar-refractivity contribution in [2.75, 3.05) is 6.26 Å². The minimum absolute atomic E-state index is 0.667. The molecule has 1 atom stereocenters. The Morgan fingerprint density at radius 1 is 1.33 bits per heavy atom. The molecule has 0 bridgehead atoms. The monoisotopic (exact) mass is 324 g/mol. The highest BCUT2D eigenvalue weighted by Crippen LogP contribution is 2.19. The standard InChI is InChI=1S/C11H9BrN4OS/c1-18(17)7-16-15-5-11-9-4-8(12)2-3-10(9)13-6-14-11/h2-7H,1H3. The van der Waals surface area contributed by atoms with Crippen molar-refractivity contribution in [2.45, 2.75) is 0 Å². The van der Waals surface area contributed by atoms with Crippen LogP contribution in [0.25, 0.3) is 10.9 Å². The van der Waals surface area contributed by atoms with Gasteiger partial charge in [-0.15, -0.1) is 5.10 Å². The lowest BCUT2D eigenvalue weighted by atomic mass is 10.2. The van der Waals surface area contributed by atoms with Crippen molar-refractivity contribution in [2.24, 2.45) is 10.2 Å². The van der Waals surface area contributed by atoms with Crippen LogP contribution >= 0.6 is 15.9 Å². The van der Waals surface area contributed by atoms with E-state index >= 15 is 0 Å². The Kier molecular flexibility index (Phi) is 4.27. The number of rotatable bonds is 3. The van der Waals surface area contributed by atoms with Crippen molar-refractivity contribution < 1.29 is 4.21 Å². The first-order valence-corrected chi connectivity index (χ1v) is 7.37. The summed E-state index contributed by atoms with van der Waals surface area (Å²) in [5, 5.41) is 8.35. The molecule has 7 heteroatoms. The smallest absolute Gasteiger partial charge is 0.116 e. The van der Waals surface area contributed by atoms with Gasteiger partial charge in [0.15, 0.2) is 0 Å². The van der Waals surface area contributed by atoms with Crippen LogP contribution in [0.5, 0.6) is 0 Å². The highest BCUT2D eigenvalue weighted by molar-refractivity contribution is 9.10. The molecule has 1 unspecified atom stereocenters. The molecule has 0 aliphatic heterocycles. The molecule has 0 fully saturated rings. The molecule has 5 nitrogen and oxygen atoms in total. The van der Waals surface area contributed by atoms with Crippen LogP contribution in [0.4, 0.5) is 0 Å². The average molecular weight is 325 g/mol. The highest BCUT2D eigenvalue weighted by atomic mass is 79.9. The van der Waals surface area contributed by atoms with Gasteiger partial charge in [0, 0.05) is 16.1 Å². The van der Waals surface area contributed by atoms with E-state index in [1.54, 1.807) is 0 Å². The summed E-state index contributed by atoms with van der Waals surface area (Å²) in [7, 11) is -1.10. The van der Waals surface area contributed by atoms with E-state index in [1.807, 2.05) is 18.2 Å². The van der Waals surface area contributed by atoms with Gasteiger partial charge in [0.05, 0.1) is 28.2 Å². The molecule has 1 aromatic heterocycles. The van der Waals surface area contributed by atoms with Crippen LogP contribution < -0.4 is 0 Å². The molecule has 0 spiro atoms. The molecule has 0 saturated heterocycles. The number of nitrogens with zero attached hydrogens (tertiary/aromatic N) is 4. The summed E-state index contributed by atoms with van der Waals surface area (Å²) in [4.78, 5) is 8.29. The summed E-state index contributed by atoms with van der Waals surface area (Å²) in [6.45, 7) is 0. The maximum atomic E-state index is 10.8. The van der Waals surface area contributed by atoms with Crippen molar-refractivity contribution in [3.63, 3.8) is 0 Å². The van der Waals surface area contributed by atoms with Crippen LogP contribution in [0.1, 0.15) is 5.69 Å². The number of hydrogen-bond donors (Lipinski definition) is 0. The third-order valence-electron chi connectivity index (χ3n) is 2.07. The SMILES string of the molecule is CS(=O)C=NN=Cc1ncnc2ccc(Br)cc12. The fourth-order valence-corrected chi connectivity index (χ4v) is 1.88. The van der Waals surface area contributed by atoms with E-state index in [0.29, 0.717) is 5.69 Å². The first kappa shape index (κ1) is 13.0. The zero-order valence-corrected chi connectivity index (χ0v) is 11.8. The largest absolute Gasteiger partial charge is 0.254 e. The van der Waals surface area contributed by atoms with Gasteiger partial charge in [-0.2, -0.15) is 5.10 Å². The van der Waals surface area contributed by atoms with Gasteiger partial charge < -0.3 is 0 Å². The number of hydrogen-bond acceptors (Lipinski definition) is 5. The maximum absolute atomic E-state index is 10.8. The number of fused-ring (bicyclic) bond motifs is 1. The Morgan fingerprint density at radius 3 is 2.94 bits per heavy atom. The second-order valence-corrected chi connectivity index (χ2v) is 5.51. The molecular formula is C11H9BrN4OS. The minimum Gasteiger partial charge on any atom is -0.254 e. The Bertz CT molecular complexity index is 657. The van der Waals surface area contributed by atoms with Crippen molar-refractivity contribution in [3.05, 3.63) is 34.7 Å². The second kappa shape index (κ2) is 5.92. The summed E-state index contributed by atoms with van der Waals surface area (Å²) in [6, 6.07) is 5.72. The lowest BCUT2D eigenvalue weighted by molar-refractivity contribution is 0.693. The van der Waals surface area contributed by atoms with E-state index in [-0.39, 0.29) is 0 Å². The van der Waals surface area contributed by atoms with Crippen LogP contribution in [-0.4, -0.2) is 32.2 Å². The predicted molar refractivity (Wildman–Crippen MR) is 77.4 cm³/mol. The molecule has 92 valence electrons. The molecule has 2 aromatic rings. The van der Waals surface area contributed by atoms with Crippen LogP contribution in [0.2, 0.25) is 0 Å². The van der Waals surface area contributed by atoms with Gasteiger partial charge >= 0.3 is 0 Å². The fourth-order valence-electron chi connectivity index (χ4n) is 1.33. The minimum atomic E-state index is -1.10. The molecule has 18 heavy (non-hydrogen) atoms. The lowest BCUT2D eigenvalue weighted by Gasteiger charge is -1.99. The third kappa shape index (κ3) is 3.27. The molecule has 0 radical (unpaired) electrons. The Morgan fingerprint density at radius 2 is 2.17 bits per heavy atom. The first-order chi connectivity index (χ1) is 8.66. The van der Waals surface area contributed by atoms with Gasteiger partial charge in [-0.05, 0) is 18.2 Å². The Balaban J connectivity index is 2.39.